The summed E-state index contributed by atoms with van der Waals surface area (Å²) in [7, 11) is -6.07. The third-order valence-electron chi connectivity index (χ3n) is 5.73. The van der Waals surface area contributed by atoms with Gasteiger partial charge >= 0.3 is 0 Å². The summed E-state index contributed by atoms with van der Waals surface area (Å²) in [6, 6.07) is 10.3. The second-order valence-corrected chi connectivity index (χ2v) is 16.7. The average Bonchev–Trinajstić information content (AvgIpc) is 2.65. The minimum atomic E-state index is -3.70. The maximum atomic E-state index is 12.8. The first kappa shape index (κ1) is 28.1. The Kier molecular flexibility index (Phi) is 9.44. The molecule has 176 valence electrons. The van der Waals surface area contributed by atoms with E-state index >= 15 is 0 Å². The van der Waals surface area contributed by atoms with Gasteiger partial charge in [-0.25, -0.2) is 13.1 Å². The first-order valence-corrected chi connectivity index (χ1v) is 15.2. The molecule has 1 N–H and O–H groups in total. The van der Waals surface area contributed by atoms with Crippen LogP contribution in [0.25, 0.3) is 0 Å². The standard InChI is InChI=1S/C24H37N3O3SSi/c1-19(2)16-21(27-31(28,29)22-13-11-20(3)12-14-22)10-9-15-24(17-25,18-26)30-32(7,8)23(4,5)6/h9-14,19,21,27H,15-16H2,1-8H3/b10-9+/t21-/m0/s1. The van der Waals surface area contributed by atoms with Crippen LogP contribution in [0.2, 0.25) is 18.1 Å². The quantitative estimate of drug-likeness (QED) is 0.358. The summed E-state index contributed by atoms with van der Waals surface area (Å²) in [4.78, 5) is 0.204. The van der Waals surface area contributed by atoms with Crippen LogP contribution in [0.15, 0.2) is 41.3 Å². The zero-order valence-corrected chi connectivity index (χ0v) is 22.4. The van der Waals surface area contributed by atoms with Crippen LogP contribution in [0.4, 0.5) is 0 Å². The Bertz CT molecular complexity index is 965. The third-order valence-corrected chi connectivity index (χ3v) is 11.7. The highest BCUT2D eigenvalue weighted by Crippen LogP contribution is 2.39. The largest absolute Gasteiger partial charge is 0.388 e. The van der Waals surface area contributed by atoms with Crippen LogP contribution in [-0.2, 0) is 14.4 Å². The van der Waals surface area contributed by atoms with Crippen LogP contribution >= 0.6 is 0 Å². The molecular formula is C24H37N3O3SSi. The molecule has 0 unspecified atom stereocenters. The van der Waals surface area contributed by atoms with Crippen molar-refractivity contribution in [3.05, 3.63) is 42.0 Å². The van der Waals surface area contributed by atoms with Gasteiger partial charge in [-0.2, -0.15) is 10.5 Å². The van der Waals surface area contributed by atoms with Gasteiger partial charge < -0.3 is 4.43 Å². The molecule has 0 aromatic heterocycles. The number of hydrogen-bond acceptors (Lipinski definition) is 5. The van der Waals surface area contributed by atoms with Crippen molar-refractivity contribution in [1.82, 2.24) is 4.72 Å². The summed E-state index contributed by atoms with van der Waals surface area (Å²) < 4.78 is 34.6. The van der Waals surface area contributed by atoms with Crippen LogP contribution in [0.5, 0.6) is 0 Å². The van der Waals surface area contributed by atoms with Crippen molar-refractivity contribution < 1.29 is 12.8 Å². The Labute approximate surface area is 195 Å². The molecule has 6 nitrogen and oxygen atoms in total. The molecule has 0 amide bonds. The summed E-state index contributed by atoms with van der Waals surface area (Å²) in [6.07, 6.45) is 4.05. The number of hydrogen-bond donors (Lipinski definition) is 1. The van der Waals surface area contributed by atoms with E-state index in [0.29, 0.717) is 6.42 Å². The van der Waals surface area contributed by atoms with Crippen molar-refractivity contribution in [2.75, 3.05) is 0 Å². The lowest BCUT2D eigenvalue weighted by Gasteiger charge is -2.39. The van der Waals surface area contributed by atoms with Crippen molar-refractivity contribution in [3.63, 3.8) is 0 Å². The predicted molar refractivity (Wildman–Crippen MR) is 131 cm³/mol. The SMILES string of the molecule is Cc1ccc(S(=O)(=O)N[C@@H](/C=C/CC(C#N)(C#N)O[Si](C)(C)C(C)(C)C)CC(C)C)cc1. The molecule has 0 aliphatic heterocycles. The van der Waals surface area contributed by atoms with E-state index in [9.17, 15) is 18.9 Å². The fraction of sp³-hybridized carbons (Fsp3) is 0.583. The van der Waals surface area contributed by atoms with Gasteiger partial charge in [-0.3, -0.25) is 0 Å². The molecule has 0 heterocycles. The van der Waals surface area contributed by atoms with Crippen molar-refractivity contribution in [1.29, 1.82) is 10.5 Å². The first-order valence-electron chi connectivity index (χ1n) is 10.9. The van der Waals surface area contributed by atoms with Gasteiger partial charge in [0.15, 0.2) is 8.32 Å². The number of sulfonamides is 1. The van der Waals surface area contributed by atoms with E-state index in [1.54, 1.807) is 36.4 Å². The van der Waals surface area contributed by atoms with Crippen molar-refractivity contribution >= 4 is 18.3 Å². The van der Waals surface area contributed by atoms with E-state index < -0.39 is 30.0 Å². The Morgan fingerprint density at radius 3 is 2.09 bits per heavy atom. The molecule has 0 saturated heterocycles. The van der Waals surface area contributed by atoms with E-state index in [0.717, 1.165) is 5.56 Å². The Morgan fingerprint density at radius 2 is 1.66 bits per heavy atom. The Balaban J connectivity index is 3.10. The maximum absolute atomic E-state index is 12.8. The molecule has 0 aliphatic carbocycles. The molecule has 1 rings (SSSR count). The average molecular weight is 476 g/mol. The molecule has 0 radical (unpaired) electrons. The molecule has 0 saturated carbocycles. The molecule has 1 atom stereocenters. The second-order valence-electron chi connectivity index (χ2n) is 10.2. The number of aryl methyl sites for hydroxylation is 1. The molecule has 0 spiro atoms. The van der Waals surface area contributed by atoms with Gasteiger partial charge in [-0.1, -0.05) is 64.5 Å². The van der Waals surface area contributed by atoms with E-state index in [-0.39, 0.29) is 22.3 Å². The lowest BCUT2D eigenvalue weighted by molar-refractivity contribution is 0.168. The van der Waals surface area contributed by atoms with Crippen LogP contribution in [0.1, 0.15) is 53.0 Å². The molecule has 0 bridgehead atoms. The molecule has 0 aliphatic rings. The number of rotatable bonds is 10. The normalized spacial score (nSPS) is 14.3. The fourth-order valence-corrected chi connectivity index (χ4v) is 5.40. The highest BCUT2D eigenvalue weighted by Gasteiger charge is 2.45. The minimum absolute atomic E-state index is 0.0629. The second kappa shape index (κ2) is 10.8. The maximum Gasteiger partial charge on any atom is 0.241 e. The van der Waals surface area contributed by atoms with Gasteiger partial charge in [-0.05, 0) is 49.5 Å². The van der Waals surface area contributed by atoms with Crippen molar-refractivity contribution in [2.24, 2.45) is 5.92 Å². The molecule has 0 fully saturated rings. The van der Waals surface area contributed by atoms with E-state index in [4.69, 9.17) is 4.43 Å². The van der Waals surface area contributed by atoms with Gasteiger partial charge in [0, 0.05) is 12.5 Å². The smallest absolute Gasteiger partial charge is 0.241 e. The van der Waals surface area contributed by atoms with Gasteiger partial charge in [0.2, 0.25) is 15.6 Å². The van der Waals surface area contributed by atoms with E-state index in [2.05, 4.69) is 4.72 Å². The van der Waals surface area contributed by atoms with Crippen LogP contribution < -0.4 is 4.72 Å². The highest BCUT2D eigenvalue weighted by molar-refractivity contribution is 7.89. The zero-order chi connectivity index (χ0) is 24.8. The molecule has 1 aromatic carbocycles. The highest BCUT2D eigenvalue weighted by atomic mass is 32.2. The fourth-order valence-electron chi connectivity index (χ4n) is 2.85. The predicted octanol–water partition coefficient (Wildman–Crippen LogP) is 5.44. The Morgan fingerprint density at radius 1 is 1.12 bits per heavy atom. The van der Waals surface area contributed by atoms with Gasteiger partial charge in [0.05, 0.1) is 4.90 Å². The molecule has 8 heteroatoms. The first-order chi connectivity index (χ1) is 14.6. The summed E-state index contributed by atoms with van der Waals surface area (Å²) in [6.45, 7) is 16.1. The van der Waals surface area contributed by atoms with E-state index in [1.807, 2.05) is 66.8 Å². The monoisotopic (exact) mass is 475 g/mol. The van der Waals surface area contributed by atoms with Crippen molar-refractivity contribution in [3.8, 4) is 12.1 Å². The summed E-state index contributed by atoms with van der Waals surface area (Å²) >= 11 is 0. The topological polar surface area (TPSA) is 103 Å². The van der Waals surface area contributed by atoms with Crippen LogP contribution in [0.3, 0.4) is 0 Å². The van der Waals surface area contributed by atoms with Gasteiger partial charge in [0.25, 0.3) is 0 Å². The lowest BCUT2D eigenvalue weighted by atomic mass is 10.0. The molecular weight excluding hydrogens is 438 g/mol. The van der Waals surface area contributed by atoms with Crippen molar-refractivity contribution in [2.45, 2.75) is 89.1 Å². The van der Waals surface area contributed by atoms with Gasteiger partial charge in [-0.15, -0.1) is 0 Å². The van der Waals surface area contributed by atoms with E-state index in [1.165, 1.54) is 0 Å². The number of benzene rings is 1. The van der Waals surface area contributed by atoms with Gasteiger partial charge in [0.1, 0.15) is 12.1 Å². The zero-order valence-electron chi connectivity index (χ0n) is 20.6. The lowest BCUT2D eigenvalue weighted by Crippen LogP contribution is -2.48. The minimum Gasteiger partial charge on any atom is -0.388 e. The van der Waals surface area contributed by atoms with Crippen LogP contribution in [0, 0.1) is 35.5 Å². The number of nitriles is 2. The molecule has 32 heavy (non-hydrogen) atoms. The number of nitrogens with one attached hydrogen (secondary N) is 1. The number of nitrogens with zero attached hydrogens (tertiary/aromatic N) is 2. The summed E-state index contributed by atoms with van der Waals surface area (Å²) in [5, 5.41) is 19.4. The third kappa shape index (κ3) is 7.86. The Hall–Kier alpha value is -1.97. The summed E-state index contributed by atoms with van der Waals surface area (Å²) in [5.41, 5.74) is -0.619. The molecule has 1 aromatic rings. The summed E-state index contributed by atoms with van der Waals surface area (Å²) in [5.74, 6) is 0.241. The van der Waals surface area contributed by atoms with Crippen LogP contribution in [-0.4, -0.2) is 28.4 Å².